The van der Waals surface area contributed by atoms with Gasteiger partial charge in [0.25, 0.3) is 0 Å². The fourth-order valence-corrected chi connectivity index (χ4v) is 4.64. The van der Waals surface area contributed by atoms with Crippen LogP contribution in [0.4, 0.5) is 10.2 Å². The van der Waals surface area contributed by atoms with Gasteiger partial charge in [-0.25, -0.2) is 9.37 Å². The highest BCUT2D eigenvalue weighted by molar-refractivity contribution is 9.10. The number of anilines is 1. The van der Waals surface area contributed by atoms with Crippen molar-refractivity contribution in [3.05, 3.63) is 39.8 Å². The minimum atomic E-state index is -1.28. The van der Waals surface area contributed by atoms with Crippen molar-refractivity contribution < 1.29 is 18.8 Å². The average Bonchev–Trinajstić information content (AvgIpc) is 3.29. The zero-order valence-corrected chi connectivity index (χ0v) is 18.7. The molecule has 0 saturated carbocycles. The number of aromatic nitrogens is 3. The molecule has 31 heavy (non-hydrogen) atoms. The minimum absolute atomic E-state index is 0.0680. The van der Waals surface area contributed by atoms with Crippen LogP contribution in [0.2, 0.25) is 0 Å². The summed E-state index contributed by atoms with van der Waals surface area (Å²) >= 11 is 3.24. The number of rotatable bonds is 5. The molecule has 2 atom stereocenters. The van der Waals surface area contributed by atoms with Crippen LogP contribution in [0.5, 0.6) is 0 Å². The van der Waals surface area contributed by atoms with Crippen molar-refractivity contribution in [3.8, 4) is 0 Å². The van der Waals surface area contributed by atoms with Gasteiger partial charge in [0.15, 0.2) is 5.78 Å². The number of Topliss-reactive ketones (excluding diaryl/α,β-unsaturated/α-hetero) is 1. The number of carbonyl (C=O) groups excluding carboxylic acids is 3. The third-order valence-electron chi connectivity index (χ3n) is 5.71. The third kappa shape index (κ3) is 4.53. The average molecular weight is 492 g/mol. The Labute approximate surface area is 187 Å². The second-order valence-electron chi connectivity index (χ2n) is 7.92. The van der Waals surface area contributed by atoms with Gasteiger partial charge in [0.1, 0.15) is 34.9 Å². The van der Waals surface area contributed by atoms with Gasteiger partial charge < -0.3 is 10.2 Å². The Bertz CT molecular complexity index is 1040. The number of ketones is 1. The van der Waals surface area contributed by atoms with Crippen molar-refractivity contribution in [1.82, 2.24) is 19.7 Å². The van der Waals surface area contributed by atoms with Gasteiger partial charge in [-0.2, -0.15) is 5.10 Å². The summed E-state index contributed by atoms with van der Waals surface area (Å²) in [6.07, 6.45) is 2.10. The van der Waals surface area contributed by atoms with E-state index in [2.05, 4.69) is 31.3 Å². The Morgan fingerprint density at radius 1 is 1.26 bits per heavy atom. The van der Waals surface area contributed by atoms with Gasteiger partial charge in [0.05, 0.1) is 6.54 Å². The van der Waals surface area contributed by atoms with E-state index in [9.17, 15) is 18.8 Å². The molecular formula is C21H23BrFN5O3. The predicted octanol–water partition coefficient (Wildman–Crippen LogP) is 2.70. The molecular weight excluding hydrogens is 469 g/mol. The van der Waals surface area contributed by atoms with Crippen LogP contribution in [-0.4, -0.2) is 56.0 Å². The van der Waals surface area contributed by atoms with E-state index in [1.165, 1.54) is 11.8 Å². The highest BCUT2D eigenvalue weighted by Crippen LogP contribution is 2.26. The molecule has 1 aliphatic heterocycles. The van der Waals surface area contributed by atoms with E-state index in [4.69, 9.17) is 0 Å². The molecule has 2 aliphatic rings. The quantitative estimate of drug-likeness (QED) is 0.512. The predicted molar refractivity (Wildman–Crippen MR) is 114 cm³/mol. The summed E-state index contributed by atoms with van der Waals surface area (Å²) < 4.78 is 16.3. The molecule has 10 heteroatoms. The lowest BCUT2D eigenvalue weighted by atomic mass is 9.95. The molecule has 0 unspecified atom stereocenters. The van der Waals surface area contributed by atoms with Crippen molar-refractivity contribution in [2.45, 2.75) is 57.8 Å². The Hall–Kier alpha value is -2.62. The van der Waals surface area contributed by atoms with Gasteiger partial charge >= 0.3 is 0 Å². The minimum Gasteiger partial charge on any atom is -0.326 e. The van der Waals surface area contributed by atoms with Gasteiger partial charge in [-0.15, -0.1) is 0 Å². The number of halogens is 2. The molecule has 3 heterocycles. The normalized spacial score (nSPS) is 20.4. The molecule has 2 aromatic heterocycles. The third-order valence-corrected chi connectivity index (χ3v) is 6.16. The standard InChI is InChI=1S/C21H23BrFN5O3/c1-12(29)20-14-5-2-3-6-15(14)28(26-20)11-19(30)27-10-13(23)9-16(27)21(31)25-18-8-4-7-17(22)24-18/h4,7-8,13,16H,2-3,5-6,9-11H2,1H3,(H,24,25,31)/t13-,16+/m1/s1. The van der Waals surface area contributed by atoms with Crippen molar-refractivity contribution in [2.75, 3.05) is 11.9 Å². The van der Waals surface area contributed by atoms with Gasteiger partial charge in [-0.05, 0) is 53.7 Å². The Kier molecular flexibility index (Phi) is 6.17. The zero-order chi connectivity index (χ0) is 22.1. The second-order valence-corrected chi connectivity index (χ2v) is 8.74. The first-order valence-corrected chi connectivity index (χ1v) is 11.1. The number of nitrogens with one attached hydrogen (secondary N) is 1. The van der Waals surface area contributed by atoms with Crippen molar-refractivity contribution in [1.29, 1.82) is 0 Å². The number of likely N-dealkylation sites (tertiary alicyclic amines) is 1. The molecule has 0 spiro atoms. The van der Waals surface area contributed by atoms with Gasteiger partial charge in [0, 0.05) is 24.6 Å². The number of pyridine rings is 1. The Morgan fingerprint density at radius 3 is 2.77 bits per heavy atom. The van der Waals surface area contributed by atoms with Crippen molar-refractivity contribution in [3.63, 3.8) is 0 Å². The summed E-state index contributed by atoms with van der Waals surface area (Å²) in [7, 11) is 0. The molecule has 4 rings (SSSR count). The number of nitrogens with zero attached hydrogens (tertiary/aromatic N) is 4. The maximum Gasteiger partial charge on any atom is 0.248 e. The molecule has 1 saturated heterocycles. The number of fused-ring (bicyclic) bond motifs is 1. The molecule has 0 radical (unpaired) electrons. The van der Waals surface area contributed by atoms with Crippen LogP contribution in [0, 0.1) is 0 Å². The van der Waals surface area contributed by atoms with Crippen LogP contribution in [0.3, 0.4) is 0 Å². The first kappa shape index (κ1) is 21.6. The second kappa shape index (κ2) is 8.86. The van der Waals surface area contributed by atoms with Crippen LogP contribution in [0.1, 0.15) is 47.9 Å². The first-order valence-electron chi connectivity index (χ1n) is 10.3. The maximum absolute atomic E-state index is 14.2. The summed E-state index contributed by atoms with van der Waals surface area (Å²) in [6, 6.07) is 4.13. The summed E-state index contributed by atoms with van der Waals surface area (Å²) in [5.41, 5.74) is 2.20. The van der Waals surface area contributed by atoms with Crippen molar-refractivity contribution in [2.24, 2.45) is 0 Å². The first-order chi connectivity index (χ1) is 14.8. The number of amides is 2. The number of hydrogen-bond acceptors (Lipinski definition) is 5. The number of carbonyl (C=O) groups is 3. The fourth-order valence-electron chi connectivity index (χ4n) is 4.30. The van der Waals surface area contributed by atoms with Crippen LogP contribution >= 0.6 is 15.9 Å². The molecule has 0 aromatic carbocycles. The highest BCUT2D eigenvalue weighted by Gasteiger charge is 2.40. The SMILES string of the molecule is CC(=O)c1nn(CC(=O)N2C[C@H](F)C[C@H]2C(=O)Nc2cccc(Br)n2)c2c1CCCC2. The summed E-state index contributed by atoms with van der Waals surface area (Å²) in [6.45, 7) is 1.20. The highest BCUT2D eigenvalue weighted by atomic mass is 79.9. The summed E-state index contributed by atoms with van der Waals surface area (Å²) in [5, 5.41) is 7.03. The van der Waals surface area contributed by atoms with E-state index in [1.54, 1.807) is 22.9 Å². The summed E-state index contributed by atoms with van der Waals surface area (Å²) in [5.74, 6) is -0.686. The molecule has 8 nitrogen and oxygen atoms in total. The molecule has 0 bridgehead atoms. The Morgan fingerprint density at radius 2 is 2.03 bits per heavy atom. The largest absolute Gasteiger partial charge is 0.326 e. The number of alkyl halides is 1. The van der Waals surface area contributed by atoms with E-state index < -0.39 is 24.0 Å². The molecule has 2 amide bonds. The molecule has 1 N–H and O–H groups in total. The van der Waals surface area contributed by atoms with E-state index in [0.717, 1.165) is 36.9 Å². The number of hydrogen-bond donors (Lipinski definition) is 1. The Balaban J connectivity index is 1.52. The summed E-state index contributed by atoms with van der Waals surface area (Å²) in [4.78, 5) is 43.2. The topological polar surface area (TPSA) is 97.2 Å². The molecule has 164 valence electrons. The fraction of sp³-hybridized carbons (Fsp3) is 0.476. The van der Waals surface area contributed by atoms with Crippen LogP contribution in [0.15, 0.2) is 22.8 Å². The van der Waals surface area contributed by atoms with Crippen LogP contribution in [0.25, 0.3) is 0 Å². The van der Waals surface area contributed by atoms with E-state index in [0.29, 0.717) is 16.1 Å². The van der Waals surface area contributed by atoms with Crippen molar-refractivity contribution >= 4 is 39.3 Å². The molecule has 1 aliphatic carbocycles. The van der Waals surface area contributed by atoms with E-state index >= 15 is 0 Å². The zero-order valence-electron chi connectivity index (χ0n) is 17.1. The molecule has 1 fully saturated rings. The van der Waals surface area contributed by atoms with Crippen LogP contribution < -0.4 is 5.32 Å². The van der Waals surface area contributed by atoms with E-state index in [1.807, 2.05) is 0 Å². The smallest absolute Gasteiger partial charge is 0.248 e. The van der Waals surface area contributed by atoms with Gasteiger partial charge in [0.2, 0.25) is 11.8 Å². The monoisotopic (exact) mass is 491 g/mol. The van der Waals surface area contributed by atoms with Gasteiger partial charge in [-0.3, -0.25) is 19.1 Å². The lowest BCUT2D eigenvalue weighted by Gasteiger charge is -2.24. The van der Waals surface area contributed by atoms with Crippen LogP contribution in [-0.2, 0) is 29.0 Å². The molecule has 2 aromatic rings. The lowest BCUT2D eigenvalue weighted by molar-refractivity contribution is -0.137. The maximum atomic E-state index is 14.2. The van der Waals surface area contributed by atoms with E-state index in [-0.39, 0.29) is 25.3 Å². The van der Waals surface area contributed by atoms with Gasteiger partial charge in [-0.1, -0.05) is 6.07 Å². The lowest BCUT2D eigenvalue weighted by Crippen LogP contribution is -2.44.